The van der Waals surface area contributed by atoms with Crippen LogP contribution < -0.4 is 0 Å². The Morgan fingerprint density at radius 1 is 1.50 bits per heavy atom. The minimum Gasteiger partial charge on any atom is -0.764 e. The molecule has 0 saturated heterocycles. The molecule has 0 rings (SSSR count). The fraction of sp³-hybridized carbons (Fsp3) is 0. The molecule has 4 nitrogen and oxygen atoms in total. The summed E-state index contributed by atoms with van der Waals surface area (Å²) in [5.74, 6) is 0. The van der Waals surface area contributed by atoms with Gasteiger partial charge in [0, 0.05) is 10.3 Å². The fourth-order valence-corrected chi connectivity index (χ4v) is 0. The van der Waals surface area contributed by atoms with Gasteiger partial charge in [0.05, 0.1) is 0 Å². The van der Waals surface area contributed by atoms with E-state index in [1.54, 1.807) is 0 Å². The van der Waals surface area contributed by atoms with Crippen molar-refractivity contribution in [3.05, 3.63) is 5.14 Å². The van der Waals surface area contributed by atoms with Crippen molar-refractivity contribution in [1.82, 2.24) is 0 Å². The molecule has 0 bridgehead atoms. The average molecular weight is 160 g/mol. The fourth-order valence-electron chi connectivity index (χ4n) is 0. The molecule has 0 aromatic rings. The minimum atomic E-state index is -4.67. The Kier molecular flexibility index (Phi) is 4.25. The molecule has 0 atom stereocenters. The molecule has 0 unspecified atom stereocenters. The van der Waals surface area contributed by atoms with Crippen LogP contribution in [-0.2, 0) is 29.8 Å². The smallest absolute Gasteiger partial charge is 0.764 e. The zero-order chi connectivity index (χ0) is 4.50. The van der Waals surface area contributed by atoms with Crippen molar-refractivity contribution in [3.8, 4) is 0 Å². The van der Waals surface area contributed by atoms with E-state index in [4.69, 9.17) is 18.1 Å². The molecule has 0 amide bonds. The first kappa shape index (κ1) is 9.71. The van der Waals surface area contributed by atoms with E-state index in [0.29, 0.717) is 0 Å². The van der Waals surface area contributed by atoms with E-state index in [-0.39, 0.29) is 19.5 Å². The van der Waals surface area contributed by atoms with Crippen LogP contribution in [0.2, 0.25) is 0 Å². The molecule has 0 aliphatic carbocycles. The number of hydrogen-bond donors (Lipinski definition) is 0. The van der Waals surface area contributed by atoms with Gasteiger partial charge in [-0.05, 0) is 0 Å². The molecule has 0 aromatic heterocycles. The van der Waals surface area contributed by atoms with E-state index >= 15 is 0 Å². The van der Waals surface area contributed by atoms with Crippen LogP contribution in [0.3, 0.4) is 0 Å². The van der Waals surface area contributed by atoms with Crippen molar-refractivity contribution in [2.45, 2.75) is 0 Å². The quantitative estimate of drug-likeness (QED) is 0.354. The minimum absolute atomic E-state index is 0. The molecule has 0 radical (unpaired) electrons. The second kappa shape index (κ2) is 2.63. The monoisotopic (exact) mass is 159 g/mol. The van der Waals surface area contributed by atoms with Gasteiger partial charge in [-0.15, -0.1) is 0 Å². The summed E-state index contributed by atoms with van der Waals surface area (Å²) in [7, 11) is -4.67. The predicted molar refractivity (Wildman–Crippen MR) is 14.0 cm³/mol. The van der Waals surface area contributed by atoms with Gasteiger partial charge in [-0.3, -0.25) is 8.42 Å². The summed E-state index contributed by atoms with van der Waals surface area (Å²) in [5, 5.41) is 5.35. The summed E-state index contributed by atoms with van der Waals surface area (Å²) in [5.41, 5.74) is 0. The molecule has 0 fully saturated rings. The normalized spacial score (nSPS) is 9.67. The predicted octanol–water partition coefficient (Wildman–Crippen LogP) is -0.504. The van der Waals surface area contributed by atoms with Crippen molar-refractivity contribution in [2.24, 2.45) is 0 Å². The Bertz CT molecular complexity index is 94.0. The van der Waals surface area contributed by atoms with E-state index < -0.39 is 10.3 Å². The van der Waals surface area contributed by atoms with Gasteiger partial charge in [-0.1, -0.05) is 0 Å². The third-order valence-electron chi connectivity index (χ3n) is 0. The van der Waals surface area contributed by atoms with Crippen molar-refractivity contribution >= 4 is 10.3 Å². The molecule has 6 heteroatoms. The number of rotatable bonds is 0. The molecule has 0 saturated carbocycles. The Hall–Kier alpha value is 0.493. The Balaban J connectivity index is 0. The summed E-state index contributed by atoms with van der Waals surface area (Å²) >= 11 is 0. The van der Waals surface area contributed by atoms with E-state index in [0.717, 1.165) is 0 Å². The molecule has 6 heavy (non-hydrogen) atoms. The van der Waals surface area contributed by atoms with Gasteiger partial charge in [-0.2, -0.15) is 0 Å². The van der Waals surface area contributed by atoms with Gasteiger partial charge in [0.25, 0.3) is 0 Å². The van der Waals surface area contributed by atoms with Crippen LogP contribution in [0, 0.1) is 0 Å². The molecule has 0 aromatic carbocycles. The van der Waals surface area contributed by atoms with Crippen LogP contribution in [0.1, 0.15) is 0 Å². The SMILES string of the molecule is [NH-]S(=O)(=O)[O-].[Zn+2]. The van der Waals surface area contributed by atoms with E-state index in [1.165, 1.54) is 0 Å². The largest absolute Gasteiger partial charge is 2.00 e. The third-order valence-corrected chi connectivity index (χ3v) is 0. The molecular formula is HNO3SZn. The van der Waals surface area contributed by atoms with E-state index in [1.807, 2.05) is 0 Å². The number of nitrogens with one attached hydrogen (secondary N) is 1. The zero-order valence-electron chi connectivity index (χ0n) is 2.84. The second-order valence-electron chi connectivity index (χ2n) is 0.454. The van der Waals surface area contributed by atoms with Crippen LogP contribution in [0.25, 0.3) is 5.14 Å². The first-order valence-corrected chi connectivity index (χ1v) is 2.11. The number of hydrogen-bond acceptors (Lipinski definition) is 3. The summed E-state index contributed by atoms with van der Waals surface area (Å²) < 4.78 is 26.2. The van der Waals surface area contributed by atoms with Crippen molar-refractivity contribution in [1.29, 1.82) is 0 Å². The first-order chi connectivity index (χ1) is 2.00. The maximum Gasteiger partial charge on any atom is 2.00 e. The van der Waals surface area contributed by atoms with E-state index in [9.17, 15) is 0 Å². The van der Waals surface area contributed by atoms with Gasteiger partial charge in [0.1, 0.15) is 0 Å². The van der Waals surface area contributed by atoms with Gasteiger partial charge in [0.15, 0.2) is 0 Å². The van der Waals surface area contributed by atoms with Gasteiger partial charge in [-0.25, -0.2) is 0 Å². The molecule has 1 N–H and O–H groups in total. The molecule has 0 aliphatic heterocycles. The molecule has 0 spiro atoms. The second-order valence-corrected chi connectivity index (χ2v) is 1.36. The Morgan fingerprint density at radius 2 is 1.50 bits per heavy atom. The molecular weight excluding hydrogens is 159 g/mol. The standard InChI is InChI=1S/H2NO3S.Zn/c1-5(2,3)4;/h(H2-,1,2,3,4);/q-1;+2/p-1. The van der Waals surface area contributed by atoms with Gasteiger partial charge >= 0.3 is 19.5 Å². The van der Waals surface area contributed by atoms with Gasteiger partial charge in [0.2, 0.25) is 0 Å². The third kappa shape index (κ3) is 225. The zero-order valence-corrected chi connectivity index (χ0v) is 6.62. The molecule has 0 aliphatic rings. The summed E-state index contributed by atoms with van der Waals surface area (Å²) in [6.07, 6.45) is 0. The van der Waals surface area contributed by atoms with Gasteiger partial charge < -0.3 is 9.69 Å². The van der Waals surface area contributed by atoms with E-state index in [2.05, 4.69) is 0 Å². The van der Waals surface area contributed by atoms with Crippen molar-refractivity contribution in [2.75, 3.05) is 0 Å². The Labute approximate surface area is 48.4 Å². The van der Waals surface area contributed by atoms with Crippen LogP contribution in [-0.4, -0.2) is 13.0 Å². The summed E-state index contributed by atoms with van der Waals surface area (Å²) in [6.45, 7) is 0. The maximum atomic E-state index is 8.74. The Morgan fingerprint density at radius 3 is 1.50 bits per heavy atom. The van der Waals surface area contributed by atoms with Crippen LogP contribution in [0.5, 0.6) is 0 Å². The maximum absolute atomic E-state index is 8.74. The topological polar surface area (TPSA) is 81.0 Å². The van der Waals surface area contributed by atoms with Crippen molar-refractivity contribution < 1.29 is 32.4 Å². The van der Waals surface area contributed by atoms with Crippen molar-refractivity contribution in [3.63, 3.8) is 0 Å². The van der Waals surface area contributed by atoms with Crippen LogP contribution >= 0.6 is 0 Å². The van der Waals surface area contributed by atoms with Crippen LogP contribution in [0.15, 0.2) is 0 Å². The summed E-state index contributed by atoms with van der Waals surface area (Å²) in [6, 6.07) is 0. The molecule has 0 heterocycles. The summed E-state index contributed by atoms with van der Waals surface area (Å²) in [4.78, 5) is 0. The first-order valence-electron chi connectivity index (χ1n) is 0.704. The molecule has 32 valence electrons. The average Bonchev–Trinajstić information content (AvgIpc) is 0.722. The van der Waals surface area contributed by atoms with Crippen LogP contribution in [0.4, 0.5) is 0 Å².